The fourth-order valence-corrected chi connectivity index (χ4v) is 5.58. The van der Waals surface area contributed by atoms with E-state index in [9.17, 15) is 14.0 Å². The van der Waals surface area contributed by atoms with Gasteiger partial charge in [0.05, 0.1) is 24.3 Å². The third-order valence-corrected chi connectivity index (χ3v) is 7.21. The SMILES string of the molecule is CC(C)c1nc2c(c(-c3ccc(F)cc3)c1C=C[C@@H]1C[C@H](CC(=O)OC(C)(C)C)OC(C)(C)O1)CCCC(=O)N2C. The number of hydrogen-bond acceptors (Lipinski definition) is 6. The zero-order valence-corrected chi connectivity index (χ0v) is 25.5. The van der Waals surface area contributed by atoms with Gasteiger partial charge in [-0.25, -0.2) is 9.37 Å². The molecule has 3 heterocycles. The van der Waals surface area contributed by atoms with Gasteiger partial charge in [-0.1, -0.05) is 38.1 Å². The summed E-state index contributed by atoms with van der Waals surface area (Å²) in [6.45, 7) is 13.4. The highest BCUT2D eigenvalue weighted by Crippen LogP contribution is 2.41. The molecule has 41 heavy (non-hydrogen) atoms. The number of esters is 1. The molecule has 1 saturated heterocycles. The Balaban J connectivity index is 1.77. The van der Waals surface area contributed by atoms with Gasteiger partial charge in [0.1, 0.15) is 17.2 Å². The number of halogens is 1. The van der Waals surface area contributed by atoms with E-state index in [0.717, 1.165) is 27.9 Å². The van der Waals surface area contributed by atoms with Crippen LogP contribution in [0.2, 0.25) is 0 Å². The predicted octanol–water partition coefficient (Wildman–Crippen LogP) is 6.97. The molecule has 222 valence electrons. The van der Waals surface area contributed by atoms with Crippen molar-refractivity contribution in [1.29, 1.82) is 0 Å². The molecule has 2 aliphatic heterocycles. The van der Waals surface area contributed by atoms with Gasteiger partial charge in [0.25, 0.3) is 0 Å². The molecule has 7 nitrogen and oxygen atoms in total. The largest absolute Gasteiger partial charge is 0.460 e. The molecule has 0 saturated carbocycles. The summed E-state index contributed by atoms with van der Waals surface area (Å²) in [4.78, 5) is 32.0. The third kappa shape index (κ3) is 7.60. The maximum absolute atomic E-state index is 14.0. The van der Waals surface area contributed by atoms with Crippen LogP contribution in [0.1, 0.15) is 96.9 Å². The number of benzene rings is 1. The first-order valence-electron chi connectivity index (χ1n) is 14.5. The van der Waals surface area contributed by atoms with Gasteiger partial charge in [-0.2, -0.15) is 0 Å². The summed E-state index contributed by atoms with van der Waals surface area (Å²) in [6, 6.07) is 6.48. The summed E-state index contributed by atoms with van der Waals surface area (Å²) in [7, 11) is 1.77. The Bertz CT molecular complexity index is 1310. The van der Waals surface area contributed by atoms with Crippen molar-refractivity contribution in [3.05, 3.63) is 53.0 Å². The van der Waals surface area contributed by atoms with E-state index in [1.54, 1.807) is 24.1 Å². The van der Waals surface area contributed by atoms with Crippen LogP contribution < -0.4 is 4.90 Å². The number of anilines is 1. The number of ether oxygens (including phenoxy) is 3. The molecule has 2 aliphatic rings. The minimum absolute atomic E-state index is 0.0353. The number of amides is 1. The molecule has 0 unspecified atom stereocenters. The standard InChI is InChI=1S/C33H43FN2O5/c1-20(2)30-25(17-16-23-18-24(40-33(6,7)39-23)19-28(38)41-32(3,4)5)29(21-12-14-22(34)15-13-21)26-10-9-11-27(37)36(8)31(26)35-30/h12-17,20,23-24H,9-11,18-19H2,1-8H3/t23-,24-/m1/s1. The number of fused-ring (bicyclic) bond motifs is 1. The molecule has 0 N–H and O–H groups in total. The molecule has 0 aliphatic carbocycles. The fourth-order valence-electron chi connectivity index (χ4n) is 5.58. The lowest BCUT2D eigenvalue weighted by Gasteiger charge is -2.40. The van der Waals surface area contributed by atoms with E-state index >= 15 is 0 Å². The Kier molecular flexibility index (Phi) is 9.04. The first-order valence-corrected chi connectivity index (χ1v) is 14.5. The zero-order chi connectivity index (χ0) is 30.1. The van der Waals surface area contributed by atoms with Crippen molar-refractivity contribution < 1.29 is 28.2 Å². The molecular formula is C33H43FN2O5. The maximum atomic E-state index is 14.0. The lowest BCUT2D eigenvalue weighted by molar-refractivity contribution is -0.290. The van der Waals surface area contributed by atoms with E-state index in [1.165, 1.54) is 12.1 Å². The second-order valence-corrected chi connectivity index (χ2v) is 12.7. The van der Waals surface area contributed by atoms with Crippen LogP contribution in [0.5, 0.6) is 0 Å². The highest BCUT2D eigenvalue weighted by molar-refractivity contribution is 5.96. The normalized spacial score (nSPS) is 21.2. The van der Waals surface area contributed by atoms with E-state index in [1.807, 2.05) is 46.8 Å². The van der Waals surface area contributed by atoms with E-state index < -0.39 is 11.4 Å². The summed E-state index contributed by atoms with van der Waals surface area (Å²) in [5, 5.41) is 0. The van der Waals surface area contributed by atoms with Crippen LogP contribution in [0.4, 0.5) is 10.2 Å². The summed E-state index contributed by atoms with van der Waals surface area (Å²) in [5.74, 6) is -0.761. The van der Waals surface area contributed by atoms with Crippen molar-refractivity contribution in [3.8, 4) is 11.1 Å². The molecule has 2 atom stereocenters. The summed E-state index contributed by atoms with van der Waals surface area (Å²) in [6.07, 6.45) is 5.80. The first-order chi connectivity index (χ1) is 19.1. The Morgan fingerprint density at radius 1 is 1.20 bits per heavy atom. The minimum atomic E-state index is -0.893. The van der Waals surface area contributed by atoms with E-state index in [4.69, 9.17) is 19.2 Å². The molecule has 0 bridgehead atoms. The number of pyridine rings is 1. The van der Waals surface area contributed by atoms with Gasteiger partial charge in [-0.05, 0) is 76.6 Å². The Labute approximate surface area is 243 Å². The quantitative estimate of drug-likeness (QED) is 0.352. The van der Waals surface area contributed by atoms with Crippen LogP contribution in [-0.4, -0.2) is 47.5 Å². The second kappa shape index (κ2) is 12.0. The topological polar surface area (TPSA) is 78.0 Å². The summed E-state index contributed by atoms with van der Waals surface area (Å²) < 4.78 is 31.8. The number of aromatic nitrogens is 1. The van der Waals surface area contributed by atoms with Gasteiger partial charge in [0.2, 0.25) is 5.91 Å². The first kappa shape index (κ1) is 30.8. The minimum Gasteiger partial charge on any atom is -0.460 e. The second-order valence-electron chi connectivity index (χ2n) is 12.7. The van der Waals surface area contributed by atoms with Crippen LogP contribution in [0.15, 0.2) is 30.3 Å². The van der Waals surface area contributed by atoms with Crippen LogP contribution in [0, 0.1) is 5.82 Å². The van der Waals surface area contributed by atoms with E-state index in [-0.39, 0.29) is 42.2 Å². The predicted molar refractivity (Wildman–Crippen MR) is 158 cm³/mol. The van der Waals surface area contributed by atoms with Gasteiger partial charge in [0, 0.05) is 31.0 Å². The average molecular weight is 567 g/mol. The average Bonchev–Trinajstić information content (AvgIpc) is 2.98. The van der Waals surface area contributed by atoms with Crippen molar-refractivity contribution in [2.75, 3.05) is 11.9 Å². The van der Waals surface area contributed by atoms with Crippen molar-refractivity contribution >= 4 is 23.8 Å². The zero-order valence-electron chi connectivity index (χ0n) is 25.5. The van der Waals surface area contributed by atoms with Gasteiger partial charge in [0.15, 0.2) is 5.79 Å². The number of carbonyl (C=O) groups is 2. The van der Waals surface area contributed by atoms with Gasteiger partial charge >= 0.3 is 5.97 Å². The molecular weight excluding hydrogens is 523 g/mol. The Hall–Kier alpha value is -3.10. The highest BCUT2D eigenvalue weighted by atomic mass is 19.1. The maximum Gasteiger partial charge on any atom is 0.308 e. The monoisotopic (exact) mass is 566 g/mol. The van der Waals surface area contributed by atoms with Crippen LogP contribution in [0.3, 0.4) is 0 Å². The van der Waals surface area contributed by atoms with Crippen LogP contribution >= 0.6 is 0 Å². The smallest absolute Gasteiger partial charge is 0.308 e. The van der Waals surface area contributed by atoms with Crippen molar-refractivity contribution in [2.45, 2.75) is 110 Å². The number of hydrogen-bond donors (Lipinski definition) is 0. The molecule has 8 heteroatoms. The highest BCUT2D eigenvalue weighted by Gasteiger charge is 2.36. The van der Waals surface area contributed by atoms with Gasteiger partial charge in [-0.15, -0.1) is 0 Å². The van der Waals surface area contributed by atoms with Crippen molar-refractivity contribution in [2.24, 2.45) is 0 Å². The molecule has 1 aromatic heterocycles. The molecule has 1 fully saturated rings. The lowest BCUT2D eigenvalue weighted by atomic mass is 9.88. The molecule has 2 aromatic rings. The lowest BCUT2D eigenvalue weighted by Crippen LogP contribution is -2.45. The molecule has 4 rings (SSSR count). The fraction of sp³-hybridized carbons (Fsp3) is 0.545. The van der Waals surface area contributed by atoms with Gasteiger partial charge in [-0.3, -0.25) is 14.5 Å². The number of nitrogens with zero attached hydrogens (tertiary/aromatic N) is 2. The summed E-state index contributed by atoms with van der Waals surface area (Å²) in [5.41, 5.74) is 3.99. The van der Waals surface area contributed by atoms with Crippen molar-refractivity contribution in [3.63, 3.8) is 0 Å². The molecule has 1 aromatic carbocycles. The number of rotatable bonds is 6. The van der Waals surface area contributed by atoms with E-state index in [0.29, 0.717) is 31.5 Å². The molecule has 0 spiro atoms. The van der Waals surface area contributed by atoms with Crippen LogP contribution in [0.25, 0.3) is 17.2 Å². The van der Waals surface area contributed by atoms with Crippen molar-refractivity contribution in [1.82, 2.24) is 4.98 Å². The Morgan fingerprint density at radius 2 is 1.88 bits per heavy atom. The van der Waals surface area contributed by atoms with Gasteiger partial charge < -0.3 is 14.2 Å². The summed E-state index contributed by atoms with van der Waals surface area (Å²) >= 11 is 0. The molecule has 0 radical (unpaired) electrons. The molecule has 1 amide bonds. The Morgan fingerprint density at radius 3 is 2.51 bits per heavy atom. The third-order valence-electron chi connectivity index (χ3n) is 7.21. The van der Waals surface area contributed by atoms with Crippen LogP contribution in [-0.2, 0) is 30.2 Å². The number of carbonyl (C=O) groups excluding carboxylic acids is 2. The van der Waals surface area contributed by atoms with E-state index in [2.05, 4.69) is 13.8 Å².